The summed E-state index contributed by atoms with van der Waals surface area (Å²) in [7, 11) is 0. The zero-order valence-electron chi connectivity index (χ0n) is 12.6. The number of carbonyl (C=O) groups is 3. The number of rotatable bonds is 5. The van der Waals surface area contributed by atoms with Crippen LogP contribution in [0.2, 0.25) is 0 Å². The van der Waals surface area contributed by atoms with E-state index in [0.717, 1.165) is 0 Å². The second-order valence-electron chi connectivity index (χ2n) is 2.48. The maximum Gasteiger partial charge on any atom is 2.00 e. The van der Waals surface area contributed by atoms with Crippen LogP contribution in [0, 0.1) is 0 Å². The van der Waals surface area contributed by atoms with E-state index >= 15 is 0 Å². The molecule has 0 unspecified atom stereocenters. The van der Waals surface area contributed by atoms with Gasteiger partial charge in [0.1, 0.15) is 0 Å². The Kier molecular flexibility index (Phi) is 68.6. The number of hydrogen-bond donors (Lipinski definition) is 4. The Morgan fingerprint density at radius 1 is 0.714 bits per heavy atom. The SMILES string of the molecule is O.O.O.O.O.O.O.O=C(O)CC(O)(CC(=O)O)C(=O)O.[Ca+2].[H-].[H-]. The number of aliphatic carboxylic acids is 3. The van der Waals surface area contributed by atoms with Gasteiger partial charge in [0.25, 0.3) is 0 Å². The summed E-state index contributed by atoms with van der Waals surface area (Å²) in [5.41, 5.74) is -2.74. The van der Waals surface area contributed by atoms with Crippen molar-refractivity contribution >= 4 is 55.6 Å². The molecule has 0 amide bonds. The molecule has 21 heavy (non-hydrogen) atoms. The van der Waals surface area contributed by atoms with Crippen molar-refractivity contribution in [3.63, 3.8) is 0 Å². The van der Waals surface area contributed by atoms with E-state index in [-0.39, 0.29) is 78.9 Å². The van der Waals surface area contributed by atoms with Crippen molar-refractivity contribution in [3.05, 3.63) is 0 Å². The summed E-state index contributed by atoms with van der Waals surface area (Å²) in [5, 5.41) is 33.8. The molecule has 18 N–H and O–H groups in total. The fraction of sp³-hybridized carbons (Fsp3) is 0.500. The van der Waals surface area contributed by atoms with E-state index in [1.165, 1.54) is 0 Å². The maximum atomic E-state index is 10.3. The first-order valence-electron chi connectivity index (χ1n) is 3.17. The number of carboxylic acids is 3. The average molecular weight is 360 g/mol. The van der Waals surface area contributed by atoms with Crippen molar-refractivity contribution in [2.45, 2.75) is 18.4 Å². The fourth-order valence-electron chi connectivity index (χ4n) is 0.714. The van der Waals surface area contributed by atoms with Crippen LogP contribution in [0.25, 0.3) is 0 Å². The summed E-state index contributed by atoms with van der Waals surface area (Å²) in [4.78, 5) is 30.5. The second kappa shape index (κ2) is 24.4. The molecule has 134 valence electrons. The van der Waals surface area contributed by atoms with Gasteiger partial charge < -0.3 is 61.6 Å². The molecule has 0 aliphatic rings. The Balaban J connectivity index is -0.0000000160. The summed E-state index contributed by atoms with van der Waals surface area (Å²) < 4.78 is 0. The maximum absolute atomic E-state index is 10.3. The van der Waals surface area contributed by atoms with Crippen LogP contribution in [0.1, 0.15) is 15.7 Å². The number of hydrogen-bond acceptors (Lipinski definition) is 4. The van der Waals surface area contributed by atoms with Crippen LogP contribution < -0.4 is 0 Å². The minimum atomic E-state index is -2.74. The van der Waals surface area contributed by atoms with E-state index in [1.807, 2.05) is 0 Å². The standard InChI is InChI=1S/C6H8O7.Ca.7H2O.2H/c7-3(8)1-6(13,5(11)12)2-4(9)10;;;;;;;;;;/h13H,1-2H2,(H,7,8)(H,9,10)(H,11,12);;7*1H2;;/q;+2;;;;;;;;2*-1. The first-order valence-corrected chi connectivity index (χ1v) is 3.17. The van der Waals surface area contributed by atoms with E-state index in [0.29, 0.717) is 0 Å². The van der Waals surface area contributed by atoms with Gasteiger partial charge in [0.2, 0.25) is 0 Å². The van der Waals surface area contributed by atoms with Gasteiger partial charge in [-0.2, -0.15) is 0 Å². The summed E-state index contributed by atoms with van der Waals surface area (Å²) in [6.45, 7) is 0. The third kappa shape index (κ3) is 24.7. The van der Waals surface area contributed by atoms with Crippen LogP contribution in [-0.2, 0) is 14.4 Å². The molecule has 0 bridgehead atoms. The van der Waals surface area contributed by atoms with E-state index < -0.39 is 36.4 Å². The Bertz CT molecular complexity index is 248. The number of aliphatic hydroxyl groups is 1. The van der Waals surface area contributed by atoms with Crippen LogP contribution in [-0.4, -0.2) is 120 Å². The van der Waals surface area contributed by atoms with Gasteiger partial charge in [-0.3, -0.25) is 9.59 Å². The molecule has 0 aliphatic heterocycles. The molecule has 15 heteroatoms. The molecule has 14 nitrogen and oxygen atoms in total. The summed E-state index contributed by atoms with van der Waals surface area (Å²) in [5.74, 6) is -5.02. The van der Waals surface area contributed by atoms with Gasteiger partial charge in [-0.1, -0.05) is 0 Å². The minimum Gasteiger partial charge on any atom is -1.00 e. The molecule has 0 atom stereocenters. The largest absolute Gasteiger partial charge is 2.00 e. The summed E-state index contributed by atoms with van der Waals surface area (Å²) in [6, 6.07) is 0. The Morgan fingerprint density at radius 3 is 1.00 bits per heavy atom. The van der Waals surface area contributed by atoms with Gasteiger partial charge in [-0.15, -0.1) is 0 Å². The molecule has 0 saturated carbocycles. The molecule has 0 fully saturated rings. The van der Waals surface area contributed by atoms with Crippen LogP contribution in [0.4, 0.5) is 0 Å². The Labute approximate surface area is 150 Å². The van der Waals surface area contributed by atoms with Crippen molar-refractivity contribution in [1.82, 2.24) is 0 Å². The third-order valence-corrected chi connectivity index (χ3v) is 1.29. The molecule has 0 aromatic carbocycles. The number of carboxylic acid groups (broad SMARTS) is 3. The molecular weight excluding hydrogens is 336 g/mol. The first kappa shape index (κ1) is 59.1. The predicted molar refractivity (Wildman–Crippen MR) is 70.4 cm³/mol. The van der Waals surface area contributed by atoms with Gasteiger partial charge in [-0.25, -0.2) is 4.79 Å². The monoisotopic (exact) mass is 360 g/mol. The van der Waals surface area contributed by atoms with Gasteiger partial charge in [0.15, 0.2) is 5.60 Å². The summed E-state index contributed by atoms with van der Waals surface area (Å²) in [6.07, 6.45) is -2.29. The average Bonchev–Trinajstić information content (AvgIpc) is 1.82. The van der Waals surface area contributed by atoms with Crippen LogP contribution in [0.15, 0.2) is 0 Å². The van der Waals surface area contributed by atoms with Crippen LogP contribution in [0.3, 0.4) is 0 Å². The minimum absolute atomic E-state index is 0. The molecule has 0 aromatic heterocycles. The molecule has 0 rings (SSSR count). The van der Waals surface area contributed by atoms with E-state index in [1.54, 1.807) is 0 Å². The first-order chi connectivity index (χ1) is 5.78. The van der Waals surface area contributed by atoms with Crippen LogP contribution in [0.5, 0.6) is 0 Å². The Morgan fingerprint density at radius 2 is 0.905 bits per heavy atom. The zero-order chi connectivity index (χ0) is 10.6. The van der Waals surface area contributed by atoms with Crippen molar-refractivity contribution in [1.29, 1.82) is 0 Å². The smallest absolute Gasteiger partial charge is 1.00 e. The topological polar surface area (TPSA) is 353 Å². The van der Waals surface area contributed by atoms with Gasteiger partial charge >= 0.3 is 55.6 Å². The molecule has 0 saturated heterocycles. The fourth-order valence-corrected chi connectivity index (χ4v) is 0.714. The molecule has 0 spiro atoms. The zero-order valence-corrected chi connectivity index (χ0v) is 12.8. The van der Waals surface area contributed by atoms with Crippen molar-refractivity contribution < 1.29 is 76.0 Å². The van der Waals surface area contributed by atoms with E-state index in [4.69, 9.17) is 20.4 Å². The van der Waals surface area contributed by atoms with Crippen molar-refractivity contribution in [3.8, 4) is 0 Å². The second-order valence-corrected chi connectivity index (χ2v) is 2.48. The van der Waals surface area contributed by atoms with Crippen molar-refractivity contribution in [2.24, 2.45) is 0 Å². The molecule has 0 radical (unpaired) electrons. The van der Waals surface area contributed by atoms with Crippen LogP contribution >= 0.6 is 0 Å². The molecule has 0 aromatic rings. The normalized spacial score (nSPS) is 6.71. The predicted octanol–water partition coefficient (Wildman–Crippen LogP) is -7.18. The van der Waals surface area contributed by atoms with E-state index in [2.05, 4.69) is 0 Å². The van der Waals surface area contributed by atoms with E-state index in [9.17, 15) is 14.4 Å². The molecule has 0 aliphatic carbocycles. The van der Waals surface area contributed by atoms with Crippen molar-refractivity contribution in [2.75, 3.05) is 0 Å². The Hall–Kier alpha value is -0.650. The molecular formula is C6H24CaO14. The van der Waals surface area contributed by atoms with Gasteiger partial charge in [0, 0.05) is 0 Å². The third-order valence-electron chi connectivity index (χ3n) is 1.29. The van der Waals surface area contributed by atoms with Gasteiger partial charge in [0.05, 0.1) is 12.8 Å². The summed E-state index contributed by atoms with van der Waals surface area (Å²) >= 11 is 0. The quantitative estimate of drug-likeness (QED) is 0.342. The molecule has 0 heterocycles. The van der Waals surface area contributed by atoms with Gasteiger partial charge in [-0.05, 0) is 0 Å².